The SMILES string of the molecule is COc1ccc(OC)c(CN2CCN(C(=O)c3ccc(C(N)=O)cc3)CC2)c1. The van der Waals surface area contributed by atoms with Crippen molar-refractivity contribution in [2.45, 2.75) is 6.54 Å². The number of carbonyl (C=O) groups is 2. The smallest absolute Gasteiger partial charge is 0.253 e. The number of rotatable bonds is 6. The summed E-state index contributed by atoms with van der Waals surface area (Å²) in [6.07, 6.45) is 0. The van der Waals surface area contributed by atoms with Crippen LogP contribution in [0.2, 0.25) is 0 Å². The lowest BCUT2D eigenvalue weighted by atomic mass is 10.1. The molecule has 1 saturated heterocycles. The van der Waals surface area contributed by atoms with Gasteiger partial charge in [-0.25, -0.2) is 0 Å². The fraction of sp³-hybridized carbons (Fsp3) is 0.333. The van der Waals surface area contributed by atoms with E-state index in [0.717, 1.165) is 36.7 Å². The Bertz CT molecular complexity index is 843. The van der Waals surface area contributed by atoms with Gasteiger partial charge >= 0.3 is 0 Å². The molecule has 2 N–H and O–H groups in total. The maximum Gasteiger partial charge on any atom is 0.253 e. The normalized spacial score (nSPS) is 14.6. The molecule has 3 rings (SSSR count). The first-order valence-corrected chi connectivity index (χ1v) is 9.14. The molecule has 0 spiro atoms. The third-order valence-corrected chi connectivity index (χ3v) is 4.96. The molecule has 148 valence electrons. The molecular weight excluding hydrogens is 358 g/mol. The number of piperazine rings is 1. The molecule has 2 aromatic carbocycles. The van der Waals surface area contributed by atoms with Crippen molar-refractivity contribution >= 4 is 11.8 Å². The zero-order valence-electron chi connectivity index (χ0n) is 16.2. The van der Waals surface area contributed by atoms with Crippen LogP contribution in [-0.2, 0) is 6.54 Å². The summed E-state index contributed by atoms with van der Waals surface area (Å²) in [6, 6.07) is 12.2. The lowest BCUT2D eigenvalue weighted by Gasteiger charge is -2.35. The standard InChI is InChI=1S/C21H25N3O4/c1-27-18-7-8-19(28-2)17(13-18)14-23-9-11-24(12-10-23)21(26)16-5-3-15(4-6-16)20(22)25/h3-8,13H,9-12,14H2,1-2H3,(H2,22,25). The predicted molar refractivity (Wildman–Crippen MR) is 106 cm³/mol. The topological polar surface area (TPSA) is 85.1 Å². The molecule has 0 bridgehead atoms. The lowest BCUT2D eigenvalue weighted by molar-refractivity contribution is 0.0627. The van der Waals surface area contributed by atoms with Crippen molar-refractivity contribution in [3.63, 3.8) is 0 Å². The van der Waals surface area contributed by atoms with E-state index in [1.165, 1.54) is 0 Å². The van der Waals surface area contributed by atoms with E-state index in [-0.39, 0.29) is 5.91 Å². The molecule has 1 heterocycles. The molecule has 0 unspecified atom stereocenters. The molecule has 2 amide bonds. The van der Waals surface area contributed by atoms with Crippen LogP contribution in [0.4, 0.5) is 0 Å². The van der Waals surface area contributed by atoms with Crippen LogP contribution >= 0.6 is 0 Å². The van der Waals surface area contributed by atoms with E-state index in [1.54, 1.807) is 38.5 Å². The predicted octanol–water partition coefficient (Wildman–Crippen LogP) is 1.76. The number of amides is 2. The quantitative estimate of drug-likeness (QED) is 0.822. The molecule has 1 fully saturated rings. The number of nitrogens with zero attached hydrogens (tertiary/aromatic N) is 2. The van der Waals surface area contributed by atoms with E-state index in [4.69, 9.17) is 15.2 Å². The van der Waals surface area contributed by atoms with E-state index in [9.17, 15) is 9.59 Å². The van der Waals surface area contributed by atoms with Gasteiger partial charge in [0.1, 0.15) is 11.5 Å². The summed E-state index contributed by atoms with van der Waals surface area (Å²) in [6.45, 7) is 3.55. The highest BCUT2D eigenvalue weighted by atomic mass is 16.5. The molecule has 28 heavy (non-hydrogen) atoms. The first-order valence-electron chi connectivity index (χ1n) is 9.14. The van der Waals surface area contributed by atoms with Crippen LogP contribution in [0, 0.1) is 0 Å². The van der Waals surface area contributed by atoms with E-state index in [2.05, 4.69) is 4.90 Å². The summed E-state index contributed by atoms with van der Waals surface area (Å²) in [5.41, 5.74) is 7.26. The van der Waals surface area contributed by atoms with Gasteiger partial charge in [0.15, 0.2) is 0 Å². The van der Waals surface area contributed by atoms with E-state index in [0.29, 0.717) is 24.2 Å². The highest BCUT2D eigenvalue weighted by Gasteiger charge is 2.23. The van der Waals surface area contributed by atoms with Crippen molar-refractivity contribution in [2.24, 2.45) is 5.73 Å². The van der Waals surface area contributed by atoms with Gasteiger partial charge in [-0.1, -0.05) is 0 Å². The fourth-order valence-electron chi connectivity index (χ4n) is 3.32. The number of benzene rings is 2. The summed E-state index contributed by atoms with van der Waals surface area (Å²) in [7, 11) is 3.30. The minimum atomic E-state index is -0.499. The van der Waals surface area contributed by atoms with Crippen LogP contribution in [-0.4, -0.2) is 62.0 Å². The number of hydrogen-bond donors (Lipinski definition) is 1. The minimum Gasteiger partial charge on any atom is -0.497 e. The van der Waals surface area contributed by atoms with Crippen molar-refractivity contribution in [1.29, 1.82) is 0 Å². The summed E-state index contributed by atoms with van der Waals surface area (Å²) in [5, 5.41) is 0. The van der Waals surface area contributed by atoms with Crippen LogP contribution in [0.1, 0.15) is 26.3 Å². The number of nitrogens with two attached hydrogens (primary N) is 1. The summed E-state index contributed by atoms with van der Waals surface area (Å²) in [4.78, 5) is 28.0. The van der Waals surface area contributed by atoms with Crippen LogP contribution in [0.5, 0.6) is 11.5 Å². The Labute approximate surface area is 164 Å². The van der Waals surface area contributed by atoms with Crippen molar-refractivity contribution in [1.82, 2.24) is 9.80 Å². The Morgan fingerprint density at radius 3 is 2.14 bits per heavy atom. The zero-order chi connectivity index (χ0) is 20.1. The van der Waals surface area contributed by atoms with E-state index in [1.807, 2.05) is 23.1 Å². The first-order chi connectivity index (χ1) is 13.5. The van der Waals surface area contributed by atoms with Crippen LogP contribution in [0.3, 0.4) is 0 Å². The van der Waals surface area contributed by atoms with Gasteiger partial charge in [-0.05, 0) is 42.5 Å². The minimum absolute atomic E-state index is 0.0327. The maximum absolute atomic E-state index is 12.7. The Hall–Kier alpha value is -3.06. The van der Waals surface area contributed by atoms with Crippen molar-refractivity contribution in [3.8, 4) is 11.5 Å². The molecule has 0 aliphatic carbocycles. The Morgan fingerprint density at radius 1 is 0.929 bits per heavy atom. The van der Waals surface area contributed by atoms with Crippen molar-refractivity contribution in [3.05, 3.63) is 59.2 Å². The van der Waals surface area contributed by atoms with Gasteiger partial charge in [0.25, 0.3) is 5.91 Å². The number of primary amides is 1. The van der Waals surface area contributed by atoms with Gasteiger partial charge in [0, 0.05) is 49.4 Å². The fourth-order valence-corrected chi connectivity index (χ4v) is 3.32. The number of carbonyl (C=O) groups excluding carboxylic acids is 2. The highest BCUT2D eigenvalue weighted by Crippen LogP contribution is 2.25. The van der Waals surface area contributed by atoms with Crippen LogP contribution in [0.15, 0.2) is 42.5 Å². The molecule has 0 atom stereocenters. The Balaban J connectivity index is 1.60. The second-order valence-electron chi connectivity index (χ2n) is 6.69. The molecule has 1 aliphatic rings. The van der Waals surface area contributed by atoms with Gasteiger partial charge in [-0.3, -0.25) is 14.5 Å². The number of hydrogen-bond acceptors (Lipinski definition) is 5. The second kappa shape index (κ2) is 8.75. The monoisotopic (exact) mass is 383 g/mol. The highest BCUT2D eigenvalue weighted by molar-refractivity contribution is 5.97. The number of methoxy groups -OCH3 is 2. The second-order valence-corrected chi connectivity index (χ2v) is 6.69. The molecule has 0 radical (unpaired) electrons. The third kappa shape index (κ3) is 4.43. The summed E-state index contributed by atoms with van der Waals surface area (Å²) < 4.78 is 10.8. The molecule has 7 nitrogen and oxygen atoms in total. The molecule has 1 aliphatic heterocycles. The lowest BCUT2D eigenvalue weighted by Crippen LogP contribution is -2.48. The third-order valence-electron chi connectivity index (χ3n) is 4.96. The Kier molecular flexibility index (Phi) is 6.16. The summed E-state index contributed by atoms with van der Waals surface area (Å²) >= 11 is 0. The molecular formula is C21H25N3O4. The maximum atomic E-state index is 12.7. The number of ether oxygens (including phenoxy) is 2. The van der Waals surface area contributed by atoms with Gasteiger partial charge in [0.2, 0.25) is 5.91 Å². The van der Waals surface area contributed by atoms with Crippen LogP contribution < -0.4 is 15.2 Å². The molecule has 0 saturated carbocycles. The van der Waals surface area contributed by atoms with Crippen molar-refractivity contribution < 1.29 is 19.1 Å². The Morgan fingerprint density at radius 2 is 1.57 bits per heavy atom. The van der Waals surface area contributed by atoms with Gasteiger partial charge in [-0.15, -0.1) is 0 Å². The van der Waals surface area contributed by atoms with E-state index < -0.39 is 5.91 Å². The van der Waals surface area contributed by atoms with Gasteiger partial charge in [0.05, 0.1) is 14.2 Å². The van der Waals surface area contributed by atoms with Crippen LogP contribution in [0.25, 0.3) is 0 Å². The average Bonchev–Trinajstić information content (AvgIpc) is 2.73. The molecule has 2 aromatic rings. The summed E-state index contributed by atoms with van der Waals surface area (Å²) in [5.74, 6) is 1.09. The zero-order valence-corrected chi connectivity index (χ0v) is 16.2. The van der Waals surface area contributed by atoms with Gasteiger partial charge < -0.3 is 20.1 Å². The molecule has 0 aromatic heterocycles. The molecule has 7 heteroatoms. The van der Waals surface area contributed by atoms with Crippen molar-refractivity contribution in [2.75, 3.05) is 40.4 Å². The van der Waals surface area contributed by atoms with Gasteiger partial charge in [-0.2, -0.15) is 0 Å². The average molecular weight is 383 g/mol. The largest absolute Gasteiger partial charge is 0.497 e. The first kappa shape index (κ1) is 19.7. The van der Waals surface area contributed by atoms with E-state index >= 15 is 0 Å².